The fourth-order valence-electron chi connectivity index (χ4n) is 3.25. The molecule has 0 radical (unpaired) electrons. The summed E-state index contributed by atoms with van der Waals surface area (Å²) in [4.78, 5) is 0.260. The van der Waals surface area contributed by atoms with Gasteiger partial charge in [-0.15, -0.1) is 0 Å². The van der Waals surface area contributed by atoms with Crippen LogP contribution in [0.2, 0.25) is 0 Å². The van der Waals surface area contributed by atoms with E-state index in [1.165, 1.54) is 28.1 Å². The van der Waals surface area contributed by atoms with E-state index < -0.39 is 15.8 Å². The van der Waals surface area contributed by atoms with Crippen molar-refractivity contribution in [3.8, 4) is 5.75 Å². The second-order valence-corrected chi connectivity index (χ2v) is 7.68. The second kappa shape index (κ2) is 5.23. The Kier molecular flexibility index (Phi) is 3.30. The predicted octanol–water partition coefficient (Wildman–Crippen LogP) is 2.90. The smallest absolute Gasteiger partial charge is 0.264 e. The topological polar surface area (TPSA) is 46.6 Å². The van der Waals surface area contributed by atoms with E-state index in [4.69, 9.17) is 4.74 Å². The SMILES string of the molecule is O=S(=O)(c1ccc2c(c1)CCC2)N1CCOc2ccc(F)cc21. The molecule has 0 unspecified atom stereocenters. The summed E-state index contributed by atoms with van der Waals surface area (Å²) < 4.78 is 46.3. The summed E-state index contributed by atoms with van der Waals surface area (Å²) in [6.45, 7) is 0.429. The fourth-order valence-corrected chi connectivity index (χ4v) is 4.75. The van der Waals surface area contributed by atoms with Crippen LogP contribution in [0.4, 0.5) is 10.1 Å². The van der Waals surface area contributed by atoms with Crippen LogP contribution >= 0.6 is 0 Å². The third kappa shape index (κ3) is 2.37. The molecule has 0 spiro atoms. The van der Waals surface area contributed by atoms with Crippen molar-refractivity contribution >= 4 is 15.7 Å². The average Bonchev–Trinajstić information content (AvgIpc) is 3.01. The quantitative estimate of drug-likeness (QED) is 0.849. The van der Waals surface area contributed by atoms with Crippen molar-refractivity contribution in [1.82, 2.24) is 0 Å². The highest BCUT2D eigenvalue weighted by Crippen LogP contribution is 2.36. The minimum absolute atomic E-state index is 0.176. The molecule has 0 N–H and O–H groups in total. The van der Waals surface area contributed by atoms with Gasteiger partial charge in [0.2, 0.25) is 0 Å². The Hall–Kier alpha value is -2.08. The molecular formula is C17H16FNO3S. The molecule has 2 aromatic carbocycles. The molecule has 0 amide bonds. The van der Waals surface area contributed by atoms with Crippen LogP contribution in [0.25, 0.3) is 0 Å². The number of hydrogen-bond acceptors (Lipinski definition) is 3. The first-order valence-electron chi connectivity index (χ1n) is 7.62. The van der Waals surface area contributed by atoms with Crippen LogP contribution in [0.3, 0.4) is 0 Å². The second-order valence-electron chi connectivity index (χ2n) is 5.82. The van der Waals surface area contributed by atoms with Gasteiger partial charge in [0.25, 0.3) is 10.0 Å². The maximum Gasteiger partial charge on any atom is 0.264 e. The molecule has 0 aromatic heterocycles. The van der Waals surface area contributed by atoms with E-state index in [9.17, 15) is 12.8 Å². The highest BCUT2D eigenvalue weighted by atomic mass is 32.2. The summed E-state index contributed by atoms with van der Waals surface area (Å²) in [5, 5.41) is 0. The summed E-state index contributed by atoms with van der Waals surface area (Å²) in [6, 6.07) is 9.24. The molecule has 0 bridgehead atoms. The first kappa shape index (κ1) is 14.5. The van der Waals surface area contributed by atoms with E-state index >= 15 is 0 Å². The van der Waals surface area contributed by atoms with Gasteiger partial charge in [-0.3, -0.25) is 4.31 Å². The number of hydrogen-bond donors (Lipinski definition) is 0. The Morgan fingerprint density at radius 2 is 1.87 bits per heavy atom. The van der Waals surface area contributed by atoms with Crippen molar-refractivity contribution in [1.29, 1.82) is 0 Å². The van der Waals surface area contributed by atoms with Gasteiger partial charge in [-0.2, -0.15) is 0 Å². The number of aryl methyl sites for hydroxylation is 2. The Morgan fingerprint density at radius 3 is 2.74 bits per heavy atom. The van der Waals surface area contributed by atoms with Crippen molar-refractivity contribution in [3.05, 3.63) is 53.3 Å². The van der Waals surface area contributed by atoms with Gasteiger partial charge < -0.3 is 4.74 Å². The van der Waals surface area contributed by atoms with Gasteiger partial charge in [0, 0.05) is 6.07 Å². The van der Waals surface area contributed by atoms with Gasteiger partial charge in [0.15, 0.2) is 0 Å². The van der Waals surface area contributed by atoms with Crippen molar-refractivity contribution in [3.63, 3.8) is 0 Å². The highest BCUT2D eigenvalue weighted by molar-refractivity contribution is 7.92. The Balaban J connectivity index is 1.80. The monoisotopic (exact) mass is 333 g/mol. The maximum atomic E-state index is 13.6. The van der Waals surface area contributed by atoms with E-state index in [1.807, 2.05) is 6.07 Å². The summed E-state index contributed by atoms with van der Waals surface area (Å²) in [5.41, 5.74) is 2.58. The molecule has 0 saturated carbocycles. The van der Waals surface area contributed by atoms with Crippen LogP contribution in [-0.4, -0.2) is 21.6 Å². The number of nitrogens with zero attached hydrogens (tertiary/aromatic N) is 1. The molecule has 0 fully saturated rings. The van der Waals surface area contributed by atoms with E-state index in [1.54, 1.807) is 12.1 Å². The Morgan fingerprint density at radius 1 is 1.04 bits per heavy atom. The van der Waals surface area contributed by atoms with Crippen LogP contribution < -0.4 is 9.04 Å². The van der Waals surface area contributed by atoms with Gasteiger partial charge in [0.1, 0.15) is 18.2 Å². The van der Waals surface area contributed by atoms with Crippen LogP contribution in [-0.2, 0) is 22.9 Å². The molecule has 23 heavy (non-hydrogen) atoms. The van der Waals surface area contributed by atoms with Gasteiger partial charge in [-0.25, -0.2) is 12.8 Å². The van der Waals surface area contributed by atoms with Gasteiger partial charge in [-0.05, 0) is 54.7 Å². The lowest BCUT2D eigenvalue weighted by Gasteiger charge is -2.30. The number of rotatable bonds is 2. The molecular weight excluding hydrogens is 317 g/mol. The highest BCUT2D eigenvalue weighted by Gasteiger charge is 2.31. The summed E-state index contributed by atoms with van der Waals surface area (Å²) in [7, 11) is -3.73. The van der Waals surface area contributed by atoms with Gasteiger partial charge >= 0.3 is 0 Å². The van der Waals surface area contributed by atoms with Crippen molar-refractivity contribution in [2.75, 3.05) is 17.5 Å². The average molecular weight is 333 g/mol. The van der Waals surface area contributed by atoms with Crippen LogP contribution in [0, 0.1) is 5.82 Å². The molecule has 2 aromatic rings. The summed E-state index contributed by atoms with van der Waals surface area (Å²) in [5.74, 6) is -0.0919. The number of sulfonamides is 1. The lowest BCUT2D eigenvalue weighted by atomic mass is 10.1. The van der Waals surface area contributed by atoms with Crippen molar-refractivity contribution < 1.29 is 17.5 Å². The molecule has 120 valence electrons. The maximum absolute atomic E-state index is 13.6. The van der Waals surface area contributed by atoms with E-state index in [2.05, 4.69) is 0 Å². The first-order chi connectivity index (χ1) is 11.1. The number of ether oxygens (including phenoxy) is 1. The number of anilines is 1. The predicted molar refractivity (Wildman–Crippen MR) is 84.9 cm³/mol. The first-order valence-corrected chi connectivity index (χ1v) is 9.06. The molecule has 1 heterocycles. The molecule has 4 nitrogen and oxygen atoms in total. The lowest BCUT2D eigenvalue weighted by Crippen LogP contribution is -2.38. The van der Waals surface area contributed by atoms with E-state index in [0.717, 1.165) is 24.8 Å². The standard InChI is InChI=1S/C17H16FNO3S/c18-14-5-7-17-16(11-14)19(8-9-22-17)23(20,21)15-6-4-12-2-1-3-13(12)10-15/h4-7,10-11H,1-3,8-9H2. The third-order valence-electron chi connectivity index (χ3n) is 4.40. The zero-order valence-corrected chi connectivity index (χ0v) is 13.3. The van der Waals surface area contributed by atoms with Crippen LogP contribution in [0.1, 0.15) is 17.5 Å². The Bertz CT molecular complexity index is 879. The van der Waals surface area contributed by atoms with E-state index in [0.29, 0.717) is 5.75 Å². The largest absolute Gasteiger partial charge is 0.489 e. The molecule has 1 aliphatic heterocycles. The molecule has 0 saturated heterocycles. The molecule has 1 aliphatic carbocycles. The lowest BCUT2D eigenvalue weighted by molar-refractivity contribution is 0.315. The minimum Gasteiger partial charge on any atom is -0.489 e. The Labute approximate surface area is 134 Å². The number of fused-ring (bicyclic) bond motifs is 2. The molecule has 2 aliphatic rings. The molecule has 4 rings (SSSR count). The van der Waals surface area contributed by atoms with Crippen LogP contribution in [0.15, 0.2) is 41.3 Å². The van der Waals surface area contributed by atoms with Crippen molar-refractivity contribution in [2.45, 2.75) is 24.2 Å². The normalized spacial score (nSPS) is 16.7. The summed E-state index contributed by atoms with van der Waals surface area (Å²) in [6.07, 6.45) is 2.97. The van der Waals surface area contributed by atoms with Gasteiger partial charge in [0.05, 0.1) is 17.1 Å². The summed E-state index contributed by atoms with van der Waals surface area (Å²) >= 11 is 0. The minimum atomic E-state index is -3.73. The van der Waals surface area contributed by atoms with Crippen LogP contribution in [0.5, 0.6) is 5.75 Å². The van der Waals surface area contributed by atoms with Crippen molar-refractivity contribution in [2.24, 2.45) is 0 Å². The number of halogens is 1. The molecule has 0 atom stereocenters. The molecule has 6 heteroatoms. The third-order valence-corrected chi connectivity index (χ3v) is 6.21. The zero-order chi connectivity index (χ0) is 16.0. The fraction of sp³-hybridized carbons (Fsp3) is 0.294. The van der Waals surface area contributed by atoms with E-state index in [-0.39, 0.29) is 23.7 Å². The zero-order valence-electron chi connectivity index (χ0n) is 12.5. The number of benzene rings is 2. The van der Waals surface area contributed by atoms with Gasteiger partial charge in [-0.1, -0.05) is 6.07 Å².